The Morgan fingerprint density at radius 3 is 2.38 bits per heavy atom. The van der Waals surface area contributed by atoms with Crippen molar-refractivity contribution >= 4 is 21.9 Å². The van der Waals surface area contributed by atoms with Crippen LogP contribution in [0, 0.1) is 0 Å². The number of hydrogen-bond donors (Lipinski definition) is 1. The van der Waals surface area contributed by atoms with E-state index in [2.05, 4.69) is 5.32 Å². The van der Waals surface area contributed by atoms with Crippen LogP contribution in [0.25, 0.3) is 0 Å². The Labute approximate surface area is 153 Å². The Morgan fingerprint density at radius 2 is 1.85 bits per heavy atom. The molecule has 1 rings (SSSR count). The first-order valence-electron chi connectivity index (χ1n) is 8.35. The molecule has 0 saturated heterocycles. The minimum absolute atomic E-state index is 0.0922. The molecule has 0 saturated carbocycles. The predicted molar refractivity (Wildman–Crippen MR) is 95.0 cm³/mol. The van der Waals surface area contributed by atoms with Gasteiger partial charge in [-0.25, -0.2) is 8.42 Å². The van der Waals surface area contributed by atoms with Crippen molar-refractivity contribution in [2.24, 2.45) is 0 Å². The van der Waals surface area contributed by atoms with E-state index >= 15 is 0 Å². The van der Waals surface area contributed by atoms with Gasteiger partial charge in [0.05, 0.1) is 4.90 Å². The van der Waals surface area contributed by atoms with Gasteiger partial charge in [-0.15, -0.1) is 0 Å². The van der Waals surface area contributed by atoms with Crippen LogP contribution in [-0.2, 0) is 30.9 Å². The van der Waals surface area contributed by atoms with Crippen LogP contribution in [0.5, 0.6) is 0 Å². The lowest BCUT2D eigenvalue weighted by Gasteiger charge is -2.19. The maximum absolute atomic E-state index is 12.5. The number of rotatable bonds is 9. The van der Waals surface area contributed by atoms with E-state index in [9.17, 15) is 22.8 Å². The minimum atomic E-state index is -3.76. The molecule has 0 spiro atoms. The third-order valence-electron chi connectivity index (χ3n) is 3.63. The van der Waals surface area contributed by atoms with Crippen LogP contribution < -0.4 is 10.9 Å². The topological polar surface area (TPSA) is 115 Å². The number of nitrogens with one attached hydrogen (secondary N) is 1. The molecule has 0 aliphatic carbocycles. The van der Waals surface area contributed by atoms with Gasteiger partial charge in [0.1, 0.15) is 6.54 Å². The fourth-order valence-electron chi connectivity index (χ4n) is 2.24. The molecule has 0 aliphatic rings. The third kappa shape index (κ3) is 5.40. The first-order chi connectivity index (χ1) is 12.2. The molecular weight excluding hydrogens is 362 g/mol. The average Bonchev–Trinajstić information content (AvgIpc) is 2.57. The second kappa shape index (κ2) is 9.48. The number of amides is 1. The fourth-order valence-corrected chi connectivity index (χ4v) is 3.72. The highest BCUT2D eigenvalue weighted by atomic mass is 32.2. The molecule has 9 nitrogen and oxygen atoms in total. The van der Waals surface area contributed by atoms with Gasteiger partial charge in [0, 0.05) is 31.9 Å². The average molecular weight is 387 g/mol. The van der Waals surface area contributed by atoms with Crippen LogP contribution >= 0.6 is 0 Å². The lowest BCUT2D eigenvalue weighted by atomic mass is 10.3. The number of carbonyl (C=O) groups is 2. The summed E-state index contributed by atoms with van der Waals surface area (Å²) in [6.07, 6.45) is 0.0920. The summed E-state index contributed by atoms with van der Waals surface area (Å²) in [6, 6.07) is 2.28. The molecule has 0 radical (unpaired) electrons. The molecule has 0 aliphatic heterocycles. The van der Waals surface area contributed by atoms with Gasteiger partial charge >= 0.3 is 5.97 Å². The van der Waals surface area contributed by atoms with Crippen molar-refractivity contribution in [3.8, 4) is 0 Å². The molecule has 1 heterocycles. The number of sulfonamides is 1. The molecule has 0 aromatic carbocycles. The number of carbonyl (C=O) groups excluding carboxylic acids is 2. The zero-order valence-electron chi connectivity index (χ0n) is 15.4. The minimum Gasteiger partial charge on any atom is -0.451 e. The normalized spacial score (nSPS) is 12.7. The Morgan fingerprint density at radius 1 is 1.23 bits per heavy atom. The van der Waals surface area contributed by atoms with Crippen molar-refractivity contribution in [2.45, 2.75) is 45.2 Å². The van der Waals surface area contributed by atoms with Gasteiger partial charge in [-0.2, -0.15) is 4.31 Å². The van der Waals surface area contributed by atoms with Gasteiger partial charge in [-0.3, -0.25) is 14.4 Å². The Hall–Kier alpha value is -2.20. The van der Waals surface area contributed by atoms with Crippen molar-refractivity contribution in [2.75, 3.05) is 19.6 Å². The largest absolute Gasteiger partial charge is 0.451 e. The number of likely N-dealkylation sites (N-methyl/N-ethyl adjacent to an activating group) is 1. The van der Waals surface area contributed by atoms with Crippen LogP contribution in [-0.4, -0.2) is 54.9 Å². The quantitative estimate of drug-likeness (QED) is 0.594. The first-order valence-corrected chi connectivity index (χ1v) is 9.79. The molecule has 10 heteroatoms. The molecule has 1 aromatic heterocycles. The summed E-state index contributed by atoms with van der Waals surface area (Å²) in [4.78, 5) is 35.4. The summed E-state index contributed by atoms with van der Waals surface area (Å²) in [7, 11) is -3.76. The van der Waals surface area contributed by atoms with Crippen molar-refractivity contribution in [1.82, 2.24) is 14.2 Å². The van der Waals surface area contributed by atoms with Crippen LogP contribution in [0.2, 0.25) is 0 Å². The Kier molecular flexibility index (Phi) is 7.97. The number of esters is 1. The van der Waals surface area contributed by atoms with Crippen LogP contribution in [0.3, 0.4) is 0 Å². The van der Waals surface area contributed by atoms with Gasteiger partial charge in [-0.05, 0) is 19.9 Å². The summed E-state index contributed by atoms with van der Waals surface area (Å²) < 4.78 is 32.2. The summed E-state index contributed by atoms with van der Waals surface area (Å²) in [5, 5.41) is 2.51. The van der Waals surface area contributed by atoms with Crippen LogP contribution in [0.15, 0.2) is 28.0 Å². The molecule has 1 amide bonds. The zero-order chi connectivity index (χ0) is 19.9. The number of hydrogen-bond acceptors (Lipinski definition) is 6. The number of ether oxygens (including phenoxy) is 1. The third-order valence-corrected chi connectivity index (χ3v) is 5.66. The fraction of sp³-hybridized carbons (Fsp3) is 0.562. The highest BCUT2D eigenvalue weighted by Crippen LogP contribution is 2.13. The second-order valence-electron chi connectivity index (χ2n) is 5.45. The second-order valence-corrected chi connectivity index (χ2v) is 7.38. The molecule has 0 fully saturated rings. The van der Waals surface area contributed by atoms with Gasteiger partial charge in [0.2, 0.25) is 10.0 Å². The van der Waals surface area contributed by atoms with Crippen molar-refractivity contribution in [3.05, 3.63) is 28.7 Å². The van der Waals surface area contributed by atoms with Gasteiger partial charge in [-0.1, -0.05) is 13.8 Å². The van der Waals surface area contributed by atoms with Crippen LogP contribution in [0.1, 0.15) is 27.7 Å². The molecule has 1 N–H and O–H groups in total. The molecular formula is C16H25N3O6S. The SMILES string of the molecule is CCNC(=O)[C@H](C)OC(=O)Cn1cc(S(=O)(=O)N(CC)CC)ccc1=O. The predicted octanol–water partition coefficient (Wildman–Crippen LogP) is -0.0534. The lowest BCUT2D eigenvalue weighted by Crippen LogP contribution is -2.37. The van der Waals surface area contributed by atoms with Crippen LogP contribution in [0.4, 0.5) is 0 Å². The molecule has 0 bridgehead atoms. The summed E-state index contributed by atoms with van der Waals surface area (Å²) in [6.45, 7) is 7.01. The summed E-state index contributed by atoms with van der Waals surface area (Å²) in [5.74, 6) is -1.27. The number of pyridine rings is 1. The Balaban J connectivity index is 3.00. The maximum Gasteiger partial charge on any atom is 0.326 e. The van der Waals surface area contributed by atoms with E-state index in [4.69, 9.17) is 4.74 Å². The van der Waals surface area contributed by atoms with Gasteiger partial charge in [0.15, 0.2) is 6.10 Å². The van der Waals surface area contributed by atoms with Crippen molar-refractivity contribution in [1.29, 1.82) is 0 Å². The van der Waals surface area contributed by atoms with E-state index in [-0.39, 0.29) is 18.0 Å². The highest BCUT2D eigenvalue weighted by Gasteiger charge is 2.23. The molecule has 1 atom stereocenters. The standard InChI is InChI=1S/C16H25N3O6S/c1-5-17-16(22)12(4)25-15(21)11-18-10-13(8-9-14(18)20)26(23,24)19(6-2)7-3/h8-10,12H,5-7,11H2,1-4H3,(H,17,22)/t12-/m0/s1. The van der Waals surface area contributed by atoms with E-state index < -0.39 is 40.1 Å². The van der Waals surface area contributed by atoms with E-state index in [1.165, 1.54) is 17.3 Å². The lowest BCUT2D eigenvalue weighted by molar-refractivity contribution is -0.155. The first kappa shape index (κ1) is 21.8. The van der Waals surface area contributed by atoms with Gasteiger partial charge in [0.25, 0.3) is 11.5 Å². The summed E-state index contributed by atoms with van der Waals surface area (Å²) >= 11 is 0. The smallest absolute Gasteiger partial charge is 0.326 e. The molecule has 146 valence electrons. The van der Waals surface area contributed by atoms with Crippen molar-refractivity contribution < 1.29 is 22.7 Å². The van der Waals surface area contributed by atoms with E-state index in [0.717, 1.165) is 16.8 Å². The number of aromatic nitrogens is 1. The van der Waals surface area contributed by atoms with Gasteiger partial charge < -0.3 is 14.6 Å². The highest BCUT2D eigenvalue weighted by molar-refractivity contribution is 7.89. The van der Waals surface area contributed by atoms with E-state index in [1.54, 1.807) is 20.8 Å². The number of nitrogens with zero attached hydrogens (tertiary/aromatic N) is 2. The molecule has 0 unspecified atom stereocenters. The van der Waals surface area contributed by atoms with E-state index in [1.807, 2.05) is 0 Å². The molecule has 1 aromatic rings. The Bertz CT molecular complexity index is 798. The molecule has 26 heavy (non-hydrogen) atoms. The van der Waals surface area contributed by atoms with E-state index in [0.29, 0.717) is 6.54 Å². The summed E-state index contributed by atoms with van der Waals surface area (Å²) in [5.41, 5.74) is -0.550. The van der Waals surface area contributed by atoms with Crippen molar-refractivity contribution in [3.63, 3.8) is 0 Å². The monoisotopic (exact) mass is 387 g/mol. The zero-order valence-corrected chi connectivity index (χ0v) is 16.2. The maximum atomic E-state index is 12.5.